The van der Waals surface area contributed by atoms with Gasteiger partial charge in [-0.25, -0.2) is 0 Å². The van der Waals surface area contributed by atoms with Crippen LogP contribution in [0.3, 0.4) is 0 Å². The lowest BCUT2D eigenvalue weighted by Gasteiger charge is -2.33. The smallest absolute Gasteiger partial charge is 0.325 e. The van der Waals surface area contributed by atoms with E-state index in [2.05, 4.69) is 6.07 Å². The van der Waals surface area contributed by atoms with Gasteiger partial charge in [-0.2, -0.15) is 5.26 Å². The summed E-state index contributed by atoms with van der Waals surface area (Å²) in [5.74, 6) is -0.839. The Balaban J connectivity index is 2.44. The zero-order valence-electron chi connectivity index (χ0n) is 16.7. The summed E-state index contributed by atoms with van der Waals surface area (Å²) >= 11 is 0. The van der Waals surface area contributed by atoms with E-state index < -0.39 is 17.3 Å². The Morgan fingerprint density at radius 2 is 1.79 bits per heavy atom. The van der Waals surface area contributed by atoms with Gasteiger partial charge in [0.25, 0.3) is 0 Å². The highest BCUT2D eigenvalue weighted by Gasteiger charge is 2.48. The third-order valence-electron chi connectivity index (χ3n) is 5.51. The molecule has 148 valence electrons. The predicted octanol–water partition coefficient (Wildman–Crippen LogP) is 4.99. The van der Waals surface area contributed by atoms with E-state index in [0.29, 0.717) is 17.1 Å². The number of carbonyl (C=O) groups is 1. The molecule has 5 nitrogen and oxygen atoms in total. The molecular formula is C24H23NO4. The first-order chi connectivity index (χ1) is 14.0. The fourth-order valence-electron chi connectivity index (χ4n) is 3.94. The number of rotatable bonds is 7. The van der Waals surface area contributed by atoms with Crippen LogP contribution in [-0.4, -0.2) is 25.3 Å². The van der Waals surface area contributed by atoms with E-state index in [1.165, 1.54) is 7.11 Å². The molecule has 0 aromatic heterocycles. The van der Waals surface area contributed by atoms with Crippen LogP contribution in [-0.2, 0) is 4.79 Å². The minimum atomic E-state index is -1.68. The number of ether oxygens (including phenoxy) is 2. The van der Waals surface area contributed by atoms with E-state index in [-0.39, 0.29) is 6.42 Å². The van der Waals surface area contributed by atoms with Crippen molar-refractivity contribution in [1.29, 1.82) is 5.26 Å². The number of nitriles is 1. The molecule has 1 N–H and O–H groups in total. The molecule has 2 atom stereocenters. The maximum absolute atomic E-state index is 12.5. The average Bonchev–Trinajstić information content (AvgIpc) is 2.76. The van der Waals surface area contributed by atoms with Crippen molar-refractivity contribution in [2.45, 2.75) is 19.3 Å². The van der Waals surface area contributed by atoms with Gasteiger partial charge in [0.2, 0.25) is 0 Å². The fraction of sp³-hybridized carbons (Fsp3) is 0.250. The van der Waals surface area contributed by atoms with Gasteiger partial charge in [-0.3, -0.25) is 4.79 Å². The zero-order valence-corrected chi connectivity index (χ0v) is 16.7. The first-order valence-electron chi connectivity index (χ1n) is 9.36. The molecule has 0 amide bonds. The SMILES string of the molecule is CCC(C#N)(C(=O)O)C(c1cc(OC)ccc1OC)c1cccc2ccccc12. The van der Waals surface area contributed by atoms with Crippen molar-refractivity contribution in [3.63, 3.8) is 0 Å². The van der Waals surface area contributed by atoms with E-state index in [4.69, 9.17) is 9.47 Å². The van der Waals surface area contributed by atoms with Crippen molar-refractivity contribution in [2.24, 2.45) is 5.41 Å². The van der Waals surface area contributed by atoms with Crippen LogP contribution < -0.4 is 9.47 Å². The molecule has 3 aromatic carbocycles. The first kappa shape index (κ1) is 20.2. The number of hydrogen-bond donors (Lipinski definition) is 1. The summed E-state index contributed by atoms with van der Waals surface area (Å²) in [6.07, 6.45) is 0.132. The van der Waals surface area contributed by atoms with E-state index in [0.717, 1.165) is 16.3 Å². The predicted molar refractivity (Wildman–Crippen MR) is 111 cm³/mol. The molecule has 5 heteroatoms. The Morgan fingerprint density at radius 3 is 2.41 bits per heavy atom. The highest BCUT2D eigenvalue weighted by atomic mass is 16.5. The molecular weight excluding hydrogens is 366 g/mol. The Morgan fingerprint density at radius 1 is 1.07 bits per heavy atom. The van der Waals surface area contributed by atoms with Crippen LogP contribution in [0.5, 0.6) is 11.5 Å². The molecule has 0 saturated heterocycles. The van der Waals surface area contributed by atoms with Gasteiger partial charge in [0.15, 0.2) is 5.41 Å². The molecule has 0 radical (unpaired) electrons. The summed E-state index contributed by atoms with van der Waals surface area (Å²) in [7, 11) is 3.08. The van der Waals surface area contributed by atoms with Crippen molar-refractivity contribution < 1.29 is 19.4 Å². The number of aliphatic carboxylic acids is 1. The zero-order chi connectivity index (χ0) is 21.0. The summed E-state index contributed by atoms with van der Waals surface area (Å²) in [4.78, 5) is 12.5. The number of nitrogens with zero attached hydrogens (tertiary/aromatic N) is 1. The Bertz CT molecular complexity index is 1080. The van der Waals surface area contributed by atoms with Crippen LogP contribution in [0.15, 0.2) is 60.7 Å². The number of methoxy groups -OCH3 is 2. The molecule has 0 saturated carbocycles. The van der Waals surface area contributed by atoms with Crippen LogP contribution >= 0.6 is 0 Å². The summed E-state index contributed by atoms with van der Waals surface area (Å²) in [6.45, 7) is 1.72. The van der Waals surface area contributed by atoms with E-state index in [1.54, 1.807) is 32.2 Å². The van der Waals surface area contributed by atoms with E-state index in [1.807, 2.05) is 42.5 Å². The lowest BCUT2D eigenvalue weighted by molar-refractivity contribution is -0.146. The third kappa shape index (κ3) is 3.38. The lowest BCUT2D eigenvalue weighted by atomic mass is 9.67. The molecule has 0 aliphatic carbocycles. The van der Waals surface area contributed by atoms with Crippen LogP contribution in [0.2, 0.25) is 0 Å². The van der Waals surface area contributed by atoms with Gasteiger partial charge in [0, 0.05) is 11.5 Å². The maximum Gasteiger partial charge on any atom is 0.325 e. The molecule has 0 bridgehead atoms. The topological polar surface area (TPSA) is 79.6 Å². The maximum atomic E-state index is 12.5. The van der Waals surface area contributed by atoms with Crippen LogP contribution in [0.1, 0.15) is 30.4 Å². The van der Waals surface area contributed by atoms with Crippen LogP contribution in [0.25, 0.3) is 10.8 Å². The van der Waals surface area contributed by atoms with Gasteiger partial charge in [-0.05, 0) is 41.0 Å². The van der Waals surface area contributed by atoms with Gasteiger partial charge < -0.3 is 14.6 Å². The molecule has 0 spiro atoms. The second-order valence-electron chi connectivity index (χ2n) is 6.85. The summed E-state index contributed by atoms with van der Waals surface area (Å²) in [5, 5.41) is 22.2. The molecule has 0 aliphatic rings. The van der Waals surface area contributed by atoms with Gasteiger partial charge >= 0.3 is 5.97 Å². The van der Waals surface area contributed by atoms with Crippen molar-refractivity contribution in [2.75, 3.05) is 14.2 Å². The van der Waals surface area contributed by atoms with Crippen LogP contribution in [0.4, 0.5) is 0 Å². The average molecular weight is 389 g/mol. The monoisotopic (exact) mass is 389 g/mol. The largest absolute Gasteiger partial charge is 0.497 e. The van der Waals surface area contributed by atoms with E-state index in [9.17, 15) is 15.2 Å². The van der Waals surface area contributed by atoms with Gasteiger partial charge in [-0.1, -0.05) is 49.4 Å². The number of carboxylic acids is 1. The van der Waals surface area contributed by atoms with Gasteiger partial charge in [-0.15, -0.1) is 0 Å². The molecule has 2 unspecified atom stereocenters. The Kier molecular flexibility index (Phi) is 5.74. The number of benzene rings is 3. The molecule has 0 aliphatic heterocycles. The number of carboxylic acid groups (broad SMARTS) is 1. The second-order valence-corrected chi connectivity index (χ2v) is 6.85. The molecule has 0 fully saturated rings. The fourth-order valence-corrected chi connectivity index (χ4v) is 3.94. The van der Waals surface area contributed by atoms with Gasteiger partial charge in [0.05, 0.1) is 20.3 Å². The summed E-state index contributed by atoms with van der Waals surface area (Å²) < 4.78 is 10.9. The minimum Gasteiger partial charge on any atom is -0.497 e. The van der Waals surface area contributed by atoms with E-state index >= 15 is 0 Å². The Hall–Kier alpha value is -3.52. The molecule has 0 heterocycles. The normalized spacial score (nSPS) is 13.9. The van der Waals surface area contributed by atoms with Crippen molar-refractivity contribution in [3.05, 3.63) is 71.8 Å². The van der Waals surface area contributed by atoms with Crippen molar-refractivity contribution in [3.8, 4) is 17.6 Å². The quantitative estimate of drug-likeness (QED) is 0.615. The summed E-state index contributed by atoms with van der Waals surface area (Å²) in [5.41, 5.74) is -0.307. The van der Waals surface area contributed by atoms with Crippen LogP contribution in [0, 0.1) is 16.7 Å². The highest BCUT2D eigenvalue weighted by molar-refractivity contribution is 5.89. The number of fused-ring (bicyclic) bond motifs is 1. The number of hydrogen-bond acceptors (Lipinski definition) is 4. The standard InChI is InChI=1S/C24H23NO4/c1-4-24(15-25,23(26)27)22(20-14-17(28-2)12-13-21(20)29-3)19-11-7-9-16-8-5-6-10-18(16)19/h5-14,22H,4H2,1-3H3,(H,26,27). The third-order valence-corrected chi connectivity index (χ3v) is 5.51. The molecule has 3 rings (SSSR count). The molecule has 3 aromatic rings. The minimum absolute atomic E-state index is 0.132. The van der Waals surface area contributed by atoms with Crippen molar-refractivity contribution in [1.82, 2.24) is 0 Å². The Labute approximate surface area is 170 Å². The van der Waals surface area contributed by atoms with Crippen molar-refractivity contribution >= 4 is 16.7 Å². The van der Waals surface area contributed by atoms with Gasteiger partial charge in [0.1, 0.15) is 11.5 Å². The summed E-state index contributed by atoms with van der Waals surface area (Å²) in [6, 6.07) is 20.9. The first-order valence-corrected chi connectivity index (χ1v) is 9.36. The second kappa shape index (κ2) is 8.24. The lowest BCUT2D eigenvalue weighted by Crippen LogP contribution is -2.36. The highest BCUT2D eigenvalue weighted by Crippen LogP contribution is 2.49. The molecule has 29 heavy (non-hydrogen) atoms.